The van der Waals surface area contributed by atoms with Gasteiger partial charge in [-0.15, -0.1) is 0 Å². The number of oxime groups is 1. The Kier molecular flexibility index (Phi) is 5.57. The number of ether oxygens (including phenoxy) is 1. The van der Waals surface area contributed by atoms with E-state index in [-0.39, 0.29) is 17.6 Å². The van der Waals surface area contributed by atoms with E-state index in [1.165, 1.54) is 6.42 Å². The molecule has 0 aliphatic heterocycles. The molecule has 0 unspecified atom stereocenters. The first-order valence-electron chi connectivity index (χ1n) is 7.13. The number of aliphatic imine (C=N–C) groups is 1. The number of nitrogens with one attached hydrogen (secondary N) is 1. The van der Waals surface area contributed by atoms with E-state index in [9.17, 15) is 10.4 Å². The summed E-state index contributed by atoms with van der Waals surface area (Å²) in [5.41, 5.74) is 2.92. The van der Waals surface area contributed by atoms with Crippen molar-refractivity contribution in [2.75, 3.05) is 7.11 Å². The topological polar surface area (TPSA) is 86.4 Å². The molecule has 2 rings (SSSR count). The molecule has 0 spiro atoms. The Morgan fingerprint density at radius 2 is 1.86 bits per heavy atom. The second kappa shape index (κ2) is 7.64. The molecule has 1 aromatic carbocycles. The number of rotatable bonds is 4. The van der Waals surface area contributed by atoms with Crippen LogP contribution in [0.5, 0.6) is 5.75 Å². The van der Waals surface area contributed by atoms with Gasteiger partial charge < -0.3 is 9.94 Å². The fraction of sp³-hybridized carbons (Fsp3) is 0.467. The molecule has 0 bridgehead atoms. The maximum absolute atomic E-state index is 9.32. The summed E-state index contributed by atoms with van der Waals surface area (Å²) in [6, 6.07) is 7.18. The Morgan fingerprint density at radius 3 is 2.38 bits per heavy atom. The zero-order chi connectivity index (χ0) is 15.1. The van der Waals surface area contributed by atoms with Gasteiger partial charge in [-0.25, -0.2) is 0 Å². The third-order valence-corrected chi connectivity index (χ3v) is 3.68. The third-order valence-electron chi connectivity index (χ3n) is 3.68. The van der Waals surface area contributed by atoms with E-state index in [1.807, 2.05) is 0 Å². The summed E-state index contributed by atoms with van der Waals surface area (Å²) in [5.74, 6) is 0.897. The second-order valence-electron chi connectivity index (χ2n) is 5.06. The molecule has 0 amide bonds. The zero-order valence-corrected chi connectivity index (χ0v) is 12.1. The van der Waals surface area contributed by atoms with Gasteiger partial charge in [0, 0.05) is 5.56 Å². The average Bonchev–Trinajstić information content (AvgIpc) is 2.56. The van der Waals surface area contributed by atoms with E-state index in [2.05, 4.69) is 15.6 Å². The van der Waals surface area contributed by atoms with Crippen molar-refractivity contribution in [2.24, 2.45) is 10.1 Å². The van der Waals surface area contributed by atoms with Crippen molar-refractivity contribution in [3.63, 3.8) is 0 Å². The van der Waals surface area contributed by atoms with Crippen molar-refractivity contribution in [1.82, 2.24) is 5.48 Å². The molecule has 1 saturated carbocycles. The molecule has 0 radical (unpaired) electrons. The first-order valence-corrected chi connectivity index (χ1v) is 7.13. The van der Waals surface area contributed by atoms with E-state index in [4.69, 9.17) is 4.74 Å². The Balaban J connectivity index is 2.22. The van der Waals surface area contributed by atoms with Gasteiger partial charge in [-0.2, -0.15) is 0 Å². The molecular weight excluding hydrogens is 270 g/mol. The van der Waals surface area contributed by atoms with Gasteiger partial charge in [-0.3, -0.25) is 15.7 Å². The van der Waals surface area contributed by atoms with Crippen LogP contribution in [0, 0.1) is 0 Å². The summed E-state index contributed by atoms with van der Waals surface area (Å²) in [5, 5.41) is 21.9. The molecule has 3 N–H and O–H groups in total. The first kappa shape index (κ1) is 15.3. The van der Waals surface area contributed by atoms with Crippen LogP contribution in [0.1, 0.15) is 37.7 Å². The van der Waals surface area contributed by atoms with Gasteiger partial charge in [0.2, 0.25) is 0 Å². The number of hydrogen-bond acceptors (Lipinski definition) is 5. The summed E-state index contributed by atoms with van der Waals surface area (Å²) in [6.45, 7) is 0. The lowest BCUT2D eigenvalue weighted by atomic mass is 9.96. The van der Waals surface area contributed by atoms with Crippen LogP contribution in [-0.4, -0.2) is 35.1 Å². The number of hydroxylamine groups is 1. The Hall–Kier alpha value is -2.08. The molecule has 6 heteroatoms. The summed E-state index contributed by atoms with van der Waals surface area (Å²) < 4.78 is 5.09. The summed E-state index contributed by atoms with van der Waals surface area (Å²) in [6.07, 6.45) is 5.49. The lowest BCUT2D eigenvalue weighted by Gasteiger charge is -2.19. The van der Waals surface area contributed by atoms with Crippen molar-refractivity contribution in [1.29, 1.82) is 0 Å². The maximum Gasteiger partial charge on any atom is 0.175 e. The minimum absolute atomic E-state index is 0.156. The number of methoxy groups -OCH3 is 1. The van der Waals surface area contributed by atoms with E-state index in [0.29, 0.717) is 11.3 Å². The second-order valence-corrected chi connectivity index (χ2v) is 5.06. The Labute approximate surface area is 124 Å². The largest absolute Gasteiger partial charge is 0.497 e. The first-order chi connectivity index (χ1) is 10.3. The smallest absolute Gasteiger partial charge is 0.175 e. The van der Waals surface area contributed by atoms with Gasteiger partial charge in [-0.05, 0) is 37.1 Å². The standard InChI is InChI=1S/C15H21N3O3/c1-21-13-9-7-11(8-10-13)14(17-19)15(18-20)16-12-5-3-2-4-6-12/h7-10,12,19-20H,2-6H2,1H3,(H,16,18)/b17-14+. The number of amidine groups is 1. The highest BCUT2D eigenvalue weighted by molar-refractivity contribution is 6.47. The average molecular weight is 291 g/mol. The molecule has 0 heterocycles. The molecule has 1 fully saturated rings. The van der Waals surface area contributed by atoms with Crippen LogP contribution in [-0.2, 0) is 0 Å². The Bertz CT molecular complexity index is 505. The van der Waals surface area contributed by atoms with Crippen LogP contribution < -0.4 is 10.2 Å². The van der Waals surface area contributed by atoms with Gasteiger partial charge >= 0.3 is 0 Å². The van der Waals surface area contributed by atoms with Crippen molar-refractivity contribution in [2.45, 2.75) is 38.1 Å². The van der Waals surface area contributed by atoms with Gasteiger partial charge in [0.1, 0.15) is 5.75 Å². The third kappa shape index (κ3) is 3.95. The number of benzene rings is 1. The molecular formula is C15H21N3O3. The molecule has 1 aromatic rings. The summed E-state index contributed by atoms with van der Waals surface area (Å²) in [4.78, 5) is 4.48. The van der Waals surface area contributed by atoms with Crippen molar-refractivity contribution >= 4 is 11.5 Å². The minimum Gasteiger partial charge on any atom is -0.497 e. The minimum atomic E-state index is 0.156. The molecule has 1 aliphatic carbocycles. The van der Waals surface area contributed by atoms with Gasteiger partial charge in [0.15, 0.2) is 11.5 Å². The van der Waals surface area contributed by atoms with E-state index < -0.39 is 0 Å². The van der Waals surface area contributed by atoms with Crippen LogP contribution >= 0.6 is 0 Å². The predicted octanol–water partition coefficient (Wildman–Crippen LogP) is 2.58. The van der Waals surface area contributed by atoms with E-state index in [0.717, 1.165) is 25.7 Å². The van der Waals surface area contributed by atoms with Crippen molar-refractivity contribution in [3.05, 3.63) is 29.8 Å². The van der Waals surface area contributed by atoms with E-state index >= 15 is 0 Å². The van der Waals surface area contributed by atoms with Crippen molar-refractivity contribution in [3.8, 4) is 5.75 Å². The van der Waals surface area contributed by atoms with E-state index in [1.54, 1.807) is 31.4 Å². The predicted molar refractivity (Wildman–Crippen MR) is 80.5 cm³/mol. The molecule has 0 saturated heterocycles. The monoisotopic (exact) mass is 291 g/mol. The lowest BCUT2D eigenvalue weighted by molar-refractivity contribution is 0.234. The molecule has 114 valence electrons. The lowest BCUT2D eigenvalue weighted by Crippen LogP contribution is -2.31. The Morgan fingerprint density at radius 1 is 1.19 bits per heavy atom. The normalized spacial score (nSPS) is 17.6. The quantitative estimate of drug-likeness (QED) is 0.344. The molecule has 21 heavy (non-hydrogen) atoms. The van der Waals surface area contributed by atoms with Crippen LogP contribution in [0.3, 0.4) is 0 Å². The van der Waals surface area contributed by atoms with Crippen LogP contribution in [0.25, 0.3) is 0 Å². The molecule has 0 aromatic heterocycles. The molecule has 0 atom stereocenters. The highest BCUT2D eigenvalue weighted by atomic mass is 16.5. The fourth-order valence-corrected chi connectivity index (χ4v) is 2.53. The summed E-state index contributed by atoms with van der Waals surface area (Å²) >= 11 is 0. The molecule has 1 aliphatic rings. The van der Waals surface area contributed by atoms with Crippen LogP contribution in [0.4, 0.5) is 0 Å². The van der Waals surface area contributed by atoms with Crippen molar-refractivity contribution < 1.29 is 15.2 Å². The van der Waals surface area contributed by atoms with Gasteiger partial charge in [0.25, 0.3) is 0 Å². The zero-order valence-electron chi connectivity index (χ0n) is 12.1. The fourth-order valence-electron chi connectivity index (χ4n) is 2.53. The number of hydrogen-bond donors (Lipinski definition) is 3. The SMILES string of the molecule is COc1ccc(/C(=N\O)C(=NC2CCCCC2)NO)cc1. The number of nitrogens with zero attached hydrogens (tertiary/aromatic N) is 2. The van der Waals surface area contributed by atoms with Crippen LogP contribution in [0.15, 0.2) is 34.4 Å². The maximum atomic E-state index is 9.32. The highest BCUT2D eigenvalue weighted by Gasteiger charge is 2.17. The van der Waals surface area contributed by atoms with Gasteiger partial charge in [-0.1, -0.05) is 24.4 Å². The van der Waals surface area contributed by atoms with Crippen LogP contribution in [0.2, 0.25) is 0 Å². The highest BCUT2D eigenvalue weighted by Crippen LogP contribution is 2.21. The summed E-state index contributed by atoms with van der Waals surface area (Å²) in [7, 11) is 1.58. The van der Waals surface area contributed by atoms with Gasteiger partial charge in [0.05, 0.1) is 13.2 Å². The molecule has 6 nitrogen and oxygen atoms in total.